The summed E-state index contributed by atoms with van der Waals surface area (Å²) in [6.45, 7) is 2.18. The van der Waals surface area contributed by atoms with E-state index in [1.165, 1.54) is 17.0 Å². The van der Waals surface area contributed by atoms with Crippen molar-refractivity contribution in [1.29, 1.82) is 0 Å². The van der Waals surface area contributed by atoms with E-state index in [4.69, 9.17) is 5.73 Å². The van der Waals surface area contributed by atoms with Crippen LogP contribution in [0.15, 0.2) is 18.2 Å². The molecule has 0 radical (unpaired) electrons. The fraction of sp³-hybridized carbons (Fsp3) is 0.429. The lowest BCUT2D eigenvalue weighted by molar-refractivity contribution is -0.150. The van der Waals surface area contributed by atoms with Crippen LogP contribution in [0.5, 0.6) is 0 Å². The third kappa shape index (κ3) is 2.59. The van der Waals surface area contributed by atoms with Crippen LogP contribution in [0.3, 0.4) is 0 Å². The van der Waals surface area contributed by atoms with Crippen molar-refractivity contribution in [3.05, 3.63) is 29.6 Å². The van der Waals surface area contributed by atoms with Crippen molar-refractivity contribution >= 4 is 17.6 Å². The number of likely N-dealkylation sites (tertiary alicyclic amines) is 1. The minimum absolute atomic E-state index is 0.0830. The molecule has 1 heterocycles. The Morgan fingerprint density at radius 2 is 2.15 bits per heavy atom. The van der Waals surface area contributed by atoms with Crippen molar-refractivity contribution in [1.82, 2.24) is 4.90 Å². The molecule has 0 spiro atoms. The molecule has 5 nitrogen and oxygen atoms in total. The Labute approximate surface area is 116 Å². The van der Waals surface area contributed by atoms with Crippen LogP contribution >= 0.6 is 0 Å². The Morgan fingerprint density at radius 1 is 1.45 bits per heavy atom. The van der Waals surface area contributed by atoms with E-state index in [2.05, 4.69) is 0 Å². The molecule has 3 N–H and O–H groups in total. The molecule has 1 atom stereocenters. The fourth-order valence-electron chi connectivity index (χ4n) is 2.47. The first kappa shape index (κ1) is 14.3. The van der Waals surface area contributed by atoms with Gasteiger partial charge in [-0.2, -0.15) is 0 Å². The molecule has 108 valence electrons. The number of carboxylic acid groups (broad SMARTS) is 1. The molecule has 1 aliphatic rings. The summed E-state index contributed by atoms with van der Waals surface area (Å²) in [6.07, 6.45) is 1.12. The normalized spacial score (nSPS) is 22.6. The average Bonchev–Trinajstić information content (AvgIpc) is 2.40. The smallest absolute Gasteiger partial charge is 0.311 e. The SMILES string of the molecule is CC1(C(=O)O)CCCN(C(=O)c2cc(F)ccc2N)C1. The molecule has 1 fully saturated rings. The Hall–Kier alpha value is -2.11. The topological polar surface area (TPSA) is 83.6 Å². The van der Waals surface area contributed by atoms with E-state index in [0.29, 0.717) is 19.4 Å². The van der Waals surface area contributed by atoms with Gasteiger partial charge in [-0.25, -0.2) is 4.39 Å². The molecule has 0 saturated carbocycles. The second-order valence-corrected chi connectivity index (χ2v) is 5.43. The fourth-order valence-corrected chi connectivity index (χ4v) is 2.47. The van der Waals surface area contributed by atoms with Crippen LogP contribution < -0.4 is 5.73 Å². The van der Waals surface area contributed by atoms with Crippen LogP contribution in [-0.2, 0) is 4.79 Å². The lowest BCUT2D eigenvalue weighted by Crippen LogP contribution is -2.48. The second kappa shape index (κ2) is 5.11. The largest absolute Gasteiger partial charge is 0.481 e. The van der Waals surface area contributed by atoms with Crippen LogP contribution in [0.2, 0.25) is 0 Å². The van der Waals surface area contributed by atoms with E-state index in [1.54, 1.807) is 6.92 Å². The number of carbonyl (C=O) groups excluding carboxylic acids is 1. The third-order valence-electron chi connectivity index (χ3n) is 3.75. The Balaban J connectivity index is 2.25. The third-order valence-corrected chi connectivity index (χ3v) is 3.75. The molecule has 1 aromatic carbocycles. The number of piperidine rings is 1. The highest BCUT2D eigenvalue weighted by Gasteiger charge is 2.39. The number of anilines is 1. The van der Waals surface area contributed by atoms with Gasteiger partial charge in [0.1, 0.15) is 5.82 Å². The first-order valence-corrected chi connectivity index (χ1v) is 6.41. The van der Waals surface area contributed by atoms with E-state index in [9.17, 15) is 19.1 Å². The number of amides is 1. The molecule has 20 heavy (non-hydrogen) atoms. The number of benzene rings is 1. The molecule has 1 aromatic rings. The van der Waals surface area contributed by atoms with Crippen LogP contribution in [0.1, 0.15) is 30.1 Å². The standard InChI is InChI=1S/C14H17FN2O3/c1-14(13(19)20)5-2-6-17(8-14)12(18)10-7-9(15)3-4-11(10)16/h3-4,7H,2,5-6,8,16H2,1H3,(H,19,20). The number of nitrogen functional groups attached to an aromatic ring is 1. The highest BCUT2D eigenvalue weighted by Crippen LogP contribution is 2.31. The van der Waals surface area contributed by atoms with Gasteiger partial charge in [-0.3, -0.25) is 9.59 Å². The van der Waals surface area contributed by atoms with Gasteiger partial charge in [-0.05, 0) is 38.0 Å². The zero-order chi connectivity index (χ0) is 14.9. The molecule has 2 rings (SSSR count). The van der Waals surface area contributed by atoms with Gasteiger partial charge in [0.25, 0.3) is 5.91 Å². The first-order valence-electron chi connectivity index (χ1n) is 6.41. The monoisotopic (exact) mass is 280 g/mol. The van der Waals surface area contributed by atoms with Gasteiger partial charge >= 0.3 is 5.97 Å². The van der Waals surface area contributed by atoms with Gasteiger partial charge in [-0.1, -0.05) is 0 Å². The summed E-state index contributed by atoms with van der Waals surface area (Å²) in [5.74, 6) is -1.89. The highest BCUT2D eigenvalue weighted by atomic mass is 19.1. The van der Waals surface area contributed by atoms with Crippen LogP contribution in [0, 0.1) is 11.2 Å². The number of nitrogens with two attached hydrogens (primary N) is 1. The maximum Gasteiger partial charge on any atom is 0.311 e. The molecule has 1 saturated heterocycles. The second-order valence-electron chi connectivity index (χ2n) is 5.43. The zero-order valence-electron chi connectivity index (χ0n) is 11.2. The van der Waals surface area contributed by atoms with Crippen molar-refractivity contribution < 1.29 is 19.1 Å². The number of halogens is 1. The lowest BCUT2D eigenvalue weighted by Gasteiger charge is -2.37. The van der Waals surface area contributed by atoms with E-state index in [1.807, 2.05) is 0 Å². The molecule has 1 aliphatic heterocycles. The van der Waals surface area contributed by atoms with Gasteiger partial charge in [0, 0.05) is 18.8 Å². The molecular weight excluding hydrogens is 263 g/mol. The molecular formula is C14H17FN2O3. The number of hydrogen-bond acceptors (Lipinski definition) is 3. The van der Waals surface area contributed by atoms with Gasteiger partial charge in [0.15, 0.2) is 0 Å². The molecule has 6 heteroatoms. The summed E-state index contributed by atoms with van der Waals surface area (Å²) in [7, 11) is 0. The number of nitrogens with zero attached hydrogens (tertiary/aromatic N) is 1. The van der Waals surface area contributed by atoms with Gasteiger partial charge in [-0.15, -0.1) is 0 Å². The maximum atomic E-state index is 13.2. The van der Waals surface area contributed by atoms with Gasteiger partial charge < -0.3 is 15.7 Å². The summed E-state index contributed by atoms with van der Waals surface area (Å²) in [5.41, 5.74) is 5.01. The van der Waals surface area contributed by atoms with Crippen molar-refractivity contribution in [2.24, 2.45) is 5.41 Å². The summed E-state index contributed by atoms with van der Waals surface area (Å²) in [6, 6.07) is 3.61. The van der Waals surface area contributed by atoms with Crippen LogP contribution in [-0.4, -0.2) is 35.0 Å². The molecule has 0 bridgehead atoms. The predicted molar refractivity (Wildman–Crippen MR) is 71.7 cm³/mol. The van der Waals surface area contributed by atoms with E-state index < -0.39 is 23.1 Å². The van der Waals surface area contributed by atoms with E-state index in [0.717, 1.165) is 6.07 Å². The molecule has 0 aliphatic carbocycles. The predicted octanol–water partition coefficient (Wildman–Crippen LogP) is 1.73. The van der Waals surface area contributed by atoms with E-state index >= 15 is 0 Å². The minimum atomic E-state index is -0.962. The van der Waals surface area contributed by atoms with Crippen molar-refractivity contribution in [3.63, 3.8) is 0 Å². The van der Waals surface area contributed by atoms with Gasteiger partial charge in [0.05, 0.1) is 11.0 Å². The number of rotatable bonds is 2. The molecule has 1 unspecified atom stereocenters. The number of hydrogen-bond donors (Lipinski definition) is 2. The quantitative estimate of drug-likeness (QED) is 0.808. The Bertz CT molecular complexity index is 561. The first-order chi connectivity index (χ1) is 9.33. The molecule has 1 amide bonds. The number of carbonyl (C=O) groups is 2. The van der Waals surface area contributed by atoms with E-state index in [-0.39, 0.29) is 17.8 Å². The van der Waals surface area contributed by atoms with Crippen molar-refractivity contribution in [2.75, 3.05) is 18.8 Å². The zero-order valence-corrected chi connectivity index (χ0v) is 11.2. The summed E-state index contributed by atoms with van der Waals surface area (Å²) >= 11 is 0. The van der Waals surface area contributed by atoms with Crippen LogP contribution in [0.25, 0.3) is 0 Å². The summed E-state index contributed by atoms with van der Waals surface area (Å²) in [4.78, 5) is 25.1. The average molecular weight is 280 g/mol. The number of carboxylic acids is 1. The van der Waals surface area contributed by atoms with Gasteiger partial charge in [0.2, 0.25) is 0 Å². The van der Waals surface area contributed by atoms with Crippen LogP contribution in [0.4, 0.5) is 10.1 Å². The number of aliphatic carboxylic acids is 1. The Kier molecular flexibility index (Phi) is 3.65. The minimum Gasteiger partial charge on any atom is -0.481 e. The van der Waals surface area contributed by atoms with Crippen molar-refractivity contribution in [3.8, 4) is 0 Å². The molecule has 0 aromatic heterocycles. The summed E-state index contributed by atoms with van der Waals surface area (Å²) < 4.78 is 13.2. The highest BCUT2D eigenvalue weighted by molar-refractivity contribution is 5.99. The lowest BCUT2D eigenvalue weighted by atomic mass is 9.82. The summed E-state index contributed by atoms with van der Waals surface area (Å²) in [5, 5.41) is 9.24. The maximum absolute atomic E-state index is 13.2. The van der Waals surface area contributed by atoms with Crippen molar-refractivity contribution in [2.45, 2.75) is 19.8 Å². The Morgan fingerprint density at radius 3 is 2.80 bits per heavy atom.